The smallest absolute Gasteiger partial charge is 0.186 e. The lowest BCUT2D eigenvalue weighted by Gasteiger charge is -2.05. The summed E-state index contributed by atoms with van der Waals surface area (Å²) in [6.07, 6.45) is 16.0. The fourth-order valence-corrected chi connectivity index (χ4v) is 4.47. The number of allylic oxidation sites excluding steroid dienone is 1. The predicted octanol–water partition coefficient (Wildman–Crippen LogP) is 8.82. The largest absolute Gasteiger partial charge is 0.289 e. The van der Waals surface area contributed by atoms with Crippen LogP contribution in [0, 0.1) is 13.8 Å². The standard InChI is InChI=1S/C28H38OS/c1-4-5-6-7-8-9-10-11-12-22-30-26-19-16-25(17-20-26)18-21-28(29)27-15-13-14-23(2)24(27)3/h13-21H,4-12,22H2,1-3H3. The Hall–Kier alpha value is -1.80. The van der Waals surface area contributed by atoms with Crippen molar-refractivity contribution in [3.63, 3.8) is 0 Å². The van der Waals surface area contributed by atoms with Gasteiger partial charge in [0.1, 0.15) is 0 Å². The summed E-state index contributed by atoms with van der Waals surface area (Å²) >= 11 is 1.94. The van der Waals surface area contributed by atoms with Crippen LogP contribution in [0.4, 0.5) is 0 Å². The Labute approximate surface area is 188 Å². The molecule has 0 heterocycles. The third kappa shape index (κ3) is 8.92. The molecule has 0 unspecified atom stereocenters. The van der Waals surface area contributed by atoms with E-state index in [2.05, 4.69) is 31.2 Å². The Morgan fingerprint density at radius 1 is 0.833 bits per heavy atom. The van der Waals surface area contributed by atoms with E-state index >= 15 is 0 Å². The highest BCUT2D eigenvalue weighted by molar-refractivity contribution is 7.99. The van der Waals surface area contributed by atoms with Crippen molar-refractivity contribution >= 4 is 23.6 Å². The lowest BCUT2D eigenvalue weighted by Crippen LogP contribution is -1.99. The molecule has 0 saturated heterocycles. The van der Waals surface area contributed by atoms with Gasteiger partial charge in [-0.2, -0.15) is 0 Å². The first-order valence-electron chi connectivity index (χ1n) is 11.6. The molecule has 0 aliphatic carbocycles. The Balaban J connectivity index is 1.67. The molecule has 0 atom stereocenters. The minimum absolute atomic E-state index is 0.0695. The second kappa shape index (κ2) is 14.2. The number of thioether (sulfide) groups is 1. The molecule has 2 aromatic carbocycles. The number of carbonyl (C=O) groups is 1. The highest BCUT2D eigenvalue weighted by atomic mass is 32.2. The van der Waals surface area contributed by atoms with Crippen LogP contribution in [0.5, 0.6) is 0 Å². The van der Waals surface area contributed by atoms with Crippen molar-refractivity contribution in [1.29, 1.82) is 0 Å². The van der Waals surface area contributed by atoms with Crippen LogP contribution < -0.4 is 0 Å². The fraction of sp³-hybridized carbons (Fsp3) is 0.464. The molecule has 0 radical (unpaired) electrons. The number of benzene rings is 2. The summed E-state index contributed by atoms with van der Waals surface area (Å²) in [5, 5.41) is 0. The van der Waals surface area contributed by atoms with Crippen molar-refractivity contribution in [2.24, 2.45) is 0 Å². The molecule has 2 rings (SSSR count). The molecule has 2 heteroatoms. The van der Waals surface area contributed by atoms with Gasteiger partial charge in [0.25, 0.3) is 0 Å². The van der Waals surface area contributed by atoms with Crippen molar-refractivity contribution in [1.82, 2.24) is 0 Å². The Morgan fingerprint density at radius 2 is 1.47 bits per heavy atom. The molecule has 0 aromatic heterocycles. The van der Waals surface area contributed by atoms with Gasteiger partial charge in [0.15, 0.2) is 5.78 Å². The van der Waals surface area contributed by atoms with Crippen molar-refractivity contribution < 1.29 is 4.79 Å². The van der Waals surface area contributed by atoms with Crippen LogP contribution >= 0.6 is 11.8 Å². The van der Waals surface area contributed by atoms with E-state index in [0.29, 0.717) is 0 Å². The first kappa shape index (κ1) is 24.5. The summed E-state index contributed by atoms with van der Waals surface area (Å²) < 4.78 is 0. The van der Waals surface area contributed by atoms with Gasteiger partial charge in [-0.15, -0.1) is 11.8 Å². The first-order valence-corrected chi connectivity index (χ1v) is 12.6. The second-order valence-electron chi connectivity index (χ2n) is 8.19. The number of aryl methyl sites for hydroxylation is 1. The number of hydrogen-bond acceptors (Lipinski definition) is 2. The van der Waals surface area contributed by atoms with Crippen molar-refractivity contribution in [2.75, 3.05) is 5.75 Å². The van der Waals surface area contributed by atoms with Gasteiger partial charge >= 0.3 is 0 Å². The number of ketones is 1. The van der Waals surface area contributed by atoms with E-state index in [-0.39, 0.29) is 5.78 Å². The van der Waals surface area contributed by atoms with Gasteiger partial charge < -0.3 is 0 Å². The fourth-order valence-electron chi connectivity index (χ4n) is 3.56. The zero-order valence-electron chi connectivity index (χ0n) is 19.1. The molecule has 0 aliphatic rings. The molecule has 0 amide bonds. The van der Waals surface area contributed by atoms with Crippen molar-refractivity contribution in [2.45, 2.75) is 83.5 Å². The van der Waals surface area contributed by atoms with E-state index in [1.165, 1.54) is 68.4 Å². The number of carbonyl (C=O) groups excluding carboxylic acids is 1. The predicted molar refractivity (Wildman–Crippen MR) is 134 cm³/mol. The highest BCUT2D eigenvalue weighted by Gasteiger charge is 2.06. The molecular formula is C28H38OS. The maximum atomic E-state index is 12.5. The first-order chi connectivity index (χ1) is 14.6. The quantitative estimate of drug-likeness (QED) is 0.131. The SMILES string of the molecule is CCCCCCCCCCCSc1ccc(C=CC(=O)c2cccc(C)c2C)cc1. The molecule has 0 fully saturated rings. The van der Waals surface area contributed by atoms with Gasteiger partial charge in [-0.25, -0.2) is 0 Å². The van der Waals surface area contributed by atoms with Crippen molar-refractivity contribution in [3.8, 4) is 0 Å². The van der Waals surface area contributed by atoms with E-state index in [9.17, 15) is 4.79 Å². The monoisotopic (exact) mass is 422 g/mol. The lowest BCUT2D eigenvalue weighted by molar-refractivity contribution is 0.104. The van der Waals surface area contributed by atoms with E-state index in [1.54, 1.807) is 6.08 Å². The lowest BCUT2D eigenvalue weighted by atomic mass is 9.99. The Morgan fingerprint density at radius 3 is 2.13 bits per heavy atom. The van der Waals surface area contributed by atoms with Crippen LogP contribution in [0.1, 0.15) is 91.8 Å². The molecule has 0 N–H and O–H groups in total. The number of unbranched alkanes of at least 4 members (excludes halogenated alkanes) is 8. The van der Waals surface area contributed by atoms with Gasteiger partial charge in [-0.05, 0) is 60.9 Å². The van der Waals surface area contributed by atoms with Gasteiger partial charge in [0.2, 0.25) is 0 Å². The molecule has 162 valence electrons. The van der Waals surface area contributed by atoms with E-state index < -0.39 is 0 Å². The highest BCUT2D eigenvalue weighted by Crippen LogP contribution is 2.21. The zero-order valence-corrected chi connectivity index (χ0v) is 19.9. The van der Waals surface area contributed by atoms with Gasteiger partial charge in [-0.3, -0.25) is 4.79 Å². The Kier molecular flexibility index (Phi) is 11.6. The minimum atomic E-state index is 0.0695. The van der Waals surface area contributed by atoms with Crippen LogP contribution in [-0.2, 0) is 0 Å². The maximum Gasteiger partial charge on any atom is 0.186 e. The molecule has 0 spiro atoms. The summed E-state index contributed by atoms with van der Waals surface area (Å²) in [4.78, 5) is 13.8. The third-order valence-electron chi connectivity index (χ3n) is 5.69. The van der Waals surface area contributed by atoms with Crippen LogP contribution in [0.3, 0.4) is 0 Å². The molecule has 0 aliphatic heterocycles. The van der Waals surface area contributed by atoms with Gasteiger partial charge in [0.05, 0.1) is 0 Å². The van der Waals surface area contributed by atoms with Gasteiger partial charge in [0, 0.05) is 10.5 Å². The average molecular weight is 423 g/mol. The summed E-state index contributed by atoms with van der Waals surface area (Å²) in [5.74, 6) is 1.26. The maximum absolute atomic E-state index is 12.5. The van der Waals surface area contributed by atoms with E-state index in [1.807, 2.05) is 49.9 Å². The number of hydrogen-bond donors (Lipinski definition) is 0. The van der Waals surface area contributed by atoms with E-state index in [0.717, 1.165) is 22.3 Å². The molecule has 0 saturated carbocycles. The summed E-state index contributed by atoms with van der Waals surface area (Å²) in [7, 11) is 0. The Bertz CT molecular complexity index is 789. The van der Waals surface area contributed by atoms with Crippen molar-refractivity contribution in [3.05, 3.63) is 70.8 Å². The molecule has 0 bridgehead atoms. The van der Waals surface area contributed by atoms with Crippen LogP contribution in [0.2, 0.25) is 0 Å². The minimum Gasteiger partial charge on any atom is -0.289 e. The molecule has 30 heavy (non-hydrogen) atoms. The van der Waals surface area contributed by atoms with Crippen LogP contribution in [0.15, 0.2) is 53.4 Å². The van der Waals surface area contributed by atoms with Crippen LogP contribution in [-0.4, -0.2) is 11.5 Å². The van der Waals surface area contributed by atoms with E-state index in [4.69, 9.17) is 0 Å². The number of rotatable bonds is 14. The molecule has 1 nitrogen and oxygen atoms in total. The third-order valence-corrected chi connectivity index (χ3v) is 6.79. The summed E-state index contributed by atoms with van der Waals surface area (Å²) in [5.41, 5.74) is 4.08. The summed E-state index contributed by atoms with van der Waals surface area (Å²) in [6.45, 7) is 6.33. The molecular weight excluding hydrogens is 384 g/mol. The van der Waals surface area contributed by atoms with Gasteiger partial charge in [-0.1, -0.05) is 94.7 Å². The second-order valence-corrected chi connectivity index (χ2v) is 9.36. The van der Waals surface area contributed by atoms with Crippen LogP contribution in [0.25, 0.3) is 6.08 Å². The topological polar surface area (TPSA) is 17.1 Å². The molecule has 2 aromatic rings. The zero-order chi connectivity index (χ0) is 21.6. The summed E-state index contributed by atoms with van der Waals surface area (Å²) in [6, 6.07) is 14.4. The average Bonchev–Trinajstić information content (AvgIpc) is 2.76. The normalized spacial score (nSPS) is 11.3.